The van der Waals surface area contributed by atoms with Gasteiger partial charge in [-0.25, -0.2) is 15.0 Å². The molecule has 2 aromatic heterocycles. The molecule has 166 valence electrons. The van der Waals surface area contributed by atoms with Gasteiger partial charge >= 0.3 is 7.60 Å². The molecule has 0 radical (unpaired) electrons. The van der Waals surface area contributed by atoms with Gasteiger partial charge in [0.15, 0.2) is 23.2 Å². The Kier molecular flexibility index (Phi) is 6.38. The zero-order valence-electron chi connectivity index (χ0n) is 16.8. The van der Waals surface area contributed by atoms with Crippen LogP contribution < -0.4 is 5.32 Å². The van der Waals surface area contributed by atoms with E-state index < -0.39 is 32.4 Å². The highest BCUT2D eigenvalue weighted by Crippen LogP contribution is 2.38. The van der Waals surface area contributed by atoms with Crippen molar-refractivity contribution in [3.05, 3.63) is 12.7 Å². The van der Waals surface area contributed by atoms with Gasteiger partial charge in [0.1, 0.15) is 18.8 Å². The smallest absolute Gasteiger partial charge is 0.350 e. The number of hydrogen-bond acceptors (Lipinski definition) is 8. The quantitative estimate of drug-likeness (QED) is 0.466. The van der Waals surface area contributed by atoms with Crippen LogP contribution in [0.2, 0.25) is 0 Å². The molecule has 30 heavy (non-hydrogen) atoms. The predicted molar refractivity (Wildman–Crippen MR) is 108 cm³/mol. The van der Waals surface area contributed by atoms with Gasteiger partial charge in [-0.2, -0.15) is 0 Å². The highest BCUT2D eigenvalue weighted by Gasteiger charge is 2.43. The van der Waals surface area contributed by atoms with Gasteiger partial charge in [0.05, 0.1) is 19.0 Å². The minimum atomic E-state index is -4.25. The lowest BCUT2D eigenvalue weighted by Gasteiger charge is -2.23. The van der Waals surface area contributed by atoms with Crippen LogP contribution in [-0.4, -0.2) is 65.6 Å². The minimum absolute atomic E-state index is 0.0318. The highest BCUT2D eigenvalue weighted by atomic mass is 31.2. The summed E-state index contributed by atoms with van der Waals surface area (Å²) in [7, 11) is -4.25. The first kappa shape index (κ1) is 21.6. The van der Waals surface area contributed by atoms with Gasteiger partial charge in [-0.05, 0) is 12.8 Å². The van der Waals surface area contributed by atoms with Crippen LogP contribution in [0.15, 0.2) is 12.7 Å². The first-order chi connectivity index (χ1) is 14.3. The Morgan fingerprint density at radius 2 is 2.03 bits per heavy atom. The molecule has 0 unspecified atom stereocenters. The number of rotatable bonds is 7. The van der Waals surface area contributed by atoms with Crippen molar-refractivity contribution in [2.75, 3.05) is 18.3 Å². The number of aliphatic hydroxyl groups is 1. The standard InChI is InChI=1S/C18H28N5O6P/c1-11-13(7-28-10-30(25,26)27)29-18(15(11)24)23-9-21-14-16(19-8-20-17(14)23)22-12-5-3-2-4-6-12/h8-9,11-13,15,18,24H,2-7,10H2,1H3,(H,19,20,22)(H2,25,26,27)/t11-,13-,15-,18-/m1/s1. The molecular weight excluding hydrogens is 413 g/mol. The number of aromatic nitrogens is 4. The molecule has 0 bridgehead atoms. The van der Waals surface area contributed by atoms with E-state index in [1.807, 2.05) is 0 Å². The summed E-state index contributed by atoms with van der Waals surface area (Å²) in [5, 5.41) is 14.2. The molecule has 0 aromatic carbocycles. The number of imidazole rings is 1. The Bertz CT molecular complexity index is 914. The Morgan fingerprint density at radius 3 is 2.77 bits per heavy atom. The molecule has 12 heteroatoms. The van der Waals surface area contributed by atoms with Gasteiger partial charge in [-0.15, -0.1) is 0 Å². The SMILES string of the molecule is C[C@H]1[C@@H](O)[C@H](n2cnc3c(NC4CCCCC4)ncnc32)O[C@@H]1COCP(=O)(O)O. The number of fused-ring (bicyclic) bond motifs is 1. The van der Waals surface area contributed by atoms with E-state index in [4.69, 9.17) is 19.3 Å². The monoisotopic (exact) mass is 441 g/mol. The third-order valence-electron chi connectivity index (χ3n) is 5.85. The van der Waals surface area contributed by atoms with Crippen molar-refractivity contribution in [3.8, 4) is 0 Å². The van der Waals surface area contributed by atoms with Crippen LogP contribution in [-0.2, 0) is 14.0 Å². The largest absolute Gasteiger partial charge is 0.388 e. The molecule has 11 nitrogen and oxygen atoms in total. The second kappa shape index (κ2) is 8.86. The van der Waals surface area contributed by atoms with Crippen LogP contribution in [0, 0.1) is 5.92 Å². The predicted octanol–water partition coefficient (Wildman–Crippen LogP) is 1.62. The van der Waals surface area contributed by atoms with E-state index in [1.165, 1.54) is 25.6 Å². The summed E-state index contributed by atoms with van der Waals surface area (Å²) in [5.74, 6) is 0.374. The molecule has 0 amide bonds. The highest BCUT2D eigenvalue weighted by molar-refractivity contribution is 7.51. The van der Waals surface area contributed by atoms with E-state index >= 15 is 0 Å². The van der Waals surface area contributed by atoms with Crippen molar-refractivity contribution in [3.63, 3.8) is 0 Å². The van der Waals surface area contributed by atoms with Crippen molar-refractivity contribution in [1.82, 2.24) is 19.5 Å². The van der Waals surface area contributed by atoms with Gasteiger partial charge in [-0.3, -0.25) is 9.13 Å². The topological polar surface area (TPSA) is 152 Å². The first-order valence-corrected chi connectivity index (χ1v) is 12.0. The van der Waals surface area contributed by atoms with Crippen LogP contribution in [0.4, 0.5) is 5.82 Å². The maximum Gasteiger partial charge on any atom is 0.350 e. The van der Waals surface area contributed by atoms with Crippen LogP contribution >= 0.6 is 7.60 Å². The first-order valence-electron chi connectivity index (χ1n) is 10.2. The lowest BCUT2D eigenvalue weighted by atomic mass is 9.95. The Labute approximate surface area is 174 Å². The molecule has 1 saturated carbocycles. The number of nitrogens with one attached hydrogen (secondary N) is 1. The summed E-state index contributed by atoms with van der Waals surface area (Å²) in [4.78, 5) is 31.0. The lowest BCUT2D eigenvalue weighted by Crippen LogP contribution is -2.26. The molecule has 1 aliphatic carbocycles. The Morgan fingerprint density at radius 1 is 1.27 bits per heavy atom. The zero-order valence-corrected chi connectivity index (χ0v) is 17.7. The van der Waals surface area contributed by atoms with Crippen molar-refractivity contribution >= 4 is 24.6 Å². The molecule has 2 fully saturated rings. The molecular formula is C18H28N5O6P. The van der Waals surface area contributed by atoms with E-state index in [2.05, 4.69) is 20.3 Å². The minimum Gasteiger partial charge on any atom is -0.388 e. The van der Waals surface area contributed by atoms with Crippen LogP contribution in [0.5, 0.6) is 0 Å². The van der Waals surface area contributed by atoms with Gasteiger partial charge in [-0.1, -0.05) is 26.2 Å². The maximum atomic E-state index is 11.0. The third kappa shape index (κ3) is 4.66. The van der Waals surface area contributed by atoms with Crippen molar-refractivity contribution in [1.29, 1.82) is 0 Å². The van der Waals surface area contributed by atoms with E-state index in [9.17, 15) is 9.67 Å². The van der Waals surface area contributed by atoms with E-state index in [-0.39, 0.29) is 12.5 Å². The number of ether oxygens (including phenoxy) is 2. The fourth-order valence-electron chi connectivity index (χ4n) is 4.16. The van der Waals surface area contributed by atoms with E-state index in [1.54, 1.807) is 17.8 Å². The number of nitrogens with zero attached hydrogens (tertiary/aromatic N) is 4. The molecule has 2 aliphatic rings. The van der Waals surface area contributed by atoms with Crippen LogP contribution in [0.3, 0.4) is 0 Å². The summed E-state index contributed by atoms with van der Waals surface area (Å²) in [6.45, 7) is 1.77. The van der Waals surface area contributed by atoms with Gasteiger partial charge < -0.3 is 29.7 Å². The number of aliphatic hydroxyl groups excluding tert-OH is 1. The summed E-state index contributed by atoms with van der Waals surface area (Å²) in [6, 6.07) is 0.367. The normalized spacial score (nSPS) is 28.3. The van der Waals surface area contributed by atoms with Gasteiger partial charge in [0.2, 0.25) is 0 Å². The van der Waals surface area contributed by atoms with Gasteiger partial charge in [0, 0.05) is 12.0 Å². The zero-order chi connectivity index (χ0) is 21.3. The third-order valence-corrected chi connectivity index (χ3v) is 6.37. The summed E-state index contributed by atoms with van der Waals surface area (Å²) < 4.78 is 23.7. The van der Waals surface area contributed by atoms with E-state index in [0.29, 0.717) is 23.0 Å². The average molecular weight is 441 g/mol. The Balaban J connectivity index is 1.50. The summed E-state index contributed by atoms with van der Waals surface area (Å²) in [6.07, 6.45) is 6.13. The molecule has 3 heterocycles. The van der Waals surface area contributed by atoms with Crippen molar-refractivity contribution in [2.24, 2.45) is 5.92 Å². The van der Waals surface area contributed by atoms with E-state index in [0.717, 1.165) is 12.8 Å². The molecule has 1 aliphatic heterocycles. The van der Waals surface area contributed by atoms with Crippen LogP contribution in [0.25, 0.3) is 11.2 Å². The molecule has 4 N–H and O–H groups in total. The summed E-state index contributed by atoms with van der Waals surface area (Å²) in [5.41, 5.74) is 1.17. The lowest BCUT2D eigenvalue weighted by molar-refractivity contribution is -0.0577. The fourth-order valence-corrected chi connectivity index (χ4v) is 4.50. The second-order valence-electron chi connectivity index (χ2n) is 8.10. The van der Waals surface area contributed by atoms with Gasteiger partial charge in [0.25, 0.3) is 0 Å². The molecule has 2 aromatic rings. The molecule has 4 atom stereocenters. The summed E-state index contributed by atoms with van der Waals surface area (Å²) >= 11 is 0. The second-order valence-corrected chi connectivity index (χ2v) is 9.69. The molecule has 1 saturated heterocycles. The molecule has 0 spiro atoms. The maximum absolute atomic E-state index is 11.0. The Hall–Kier alpha value is -1.62. The number of hydrogen-bond donors (Lipinski definition) is 4. The van der Waals surface area contributed by atoms with Crippen LogP contribution in [0.1, 0.15) is 45.3 Å². The van der Waals surface area contributed by atoms with Crippen molar-refractivity contribution in [2.45, 2.75) is 63.5 Å². The average Bonchev–Trinajstić information content (AvgIpc) is 3.25. The van der Waals surface area contributed by atoms with Crippen molar-refractivity contribution < 1.29 is 28.9 Å². The number of anilines is 1. The fraction of sp³-hybridized carbons (Fsp3) is 0.722. The molecule has 4 rings (SSSR count).